The van der Waals surface area contributed by atoms with Gasteiger partial charge >= 0.3 is 0 Å². The molecule has 0 aromatic heterocycles. The van der Waals surface area contributed by atoms with Gasteiger partial charge in [0.25, 0.3) is 10.1 Å². The minimum absolute atomic E-state index is 0.195. The van der Waals surface area contributed by atoms with E-state index < -0.39 is 10.1 Å². The van der Waals surface area contributed by atoms with Gasteiger partial charge in [0, 0.05) is 24.7 Å². The molecule has 0 aliphatic carbocycles. The number of nitrogens with one attached hydrogen (secondary N) is 1. The second kappa shape index (κ2) is 11.8. The first-order chi connectivity index (χ1) is 18.4. The summed E-state index contributed by atoms with van der Waals surface area (Å²) in [5.74, 6) is -0.301. The van der Waals surface area contributed by atoms with Crippen molar-refractivity contribution in [2.75, 3.05) is 26.0 Å². The zero-order valence-corrected chi connectivity index (χ0v) is 22.0. The van der Waals surface area contributed by atoms with Crippen molar-refractivity contribution in [1.29, 1.82) is 0 Å². The Balaban J connectivity index is 1.65. The van der Waals surface area contributed by atoms with E-state index in [0.29, 0.717) is 28.7 Å². The molecule has 10 heteroatoms. The highest BCUT2D eigenvalue weighted by molar-refractivity contribution is 7.87. The van der Waals surface area contributed by atoms with Crippen LogP contribution < -0.4 is 5.32 Å². The summed E-state index contributed by atoms with van der Waals surface area (Å²) in [5, 5.41) is 31.3. The largest absolute Gasteiger partial charge is 0.505 e. The Morgan fingerprint density at radius 3 is 2.05 bits per heavy atom. The summed E-state index contributed by atoms with van der Waals surface area (Å²) in [5.41, 5.74) is 3.68. The Labute approximate surface area is 221 Å². The number of phenolic OH excluding ortho intramolecular Hbond substituents is 1. The summed E-state index contributed by atoms with van der Waals surface area (Å²) >= 11 is 0. The number of nitrogens with zero attached hydrogens (tertiary/aromatic N) is 4. The van der Waals surface area contributed by atoms with Crippen molar-refractivity contribution < 1.29 is 17.7 Å². The zero-order valence-electron chi connectivity index (χ0n) is 21.2. The number of aromatic hydroxyl groups is 1. The van der Waals surface area contributed by atoms with Crippen molar-refractivity contribution in [3.63, 3.8) is 0 Å². The lowest BCUT2D eigenvalue weighted by Crippen LogP contribution is -2.04. The molecule has 0 atom stereocenters. The minimum Gasteiger partial charge on any atom is -0.505 e. The van der Waals surface area contributed by atoms with Crippen LogP contribution in [0.4, 0.5) is 22.7 Å². The molecule has 194 valence electrons. The molecule has 0 amide bonds. The topological polar surface area (TPSA) is 125 Å². The van der Waals surface area contributed by atoms with Crippen LogP contribution >= 0.6 is 0 Å². The number of anilines is 1. The normalized spacial score (nSPS) is 12.3. The van der Waals surface area contributed by atoms with Crippen molar-refractivity contribution in [2.24, 2.45) is 20.5 Å². The first-order valence-electron chi connectivity index (χ1n) is 11.8. The molecule has 0 unspecified atom stereocenters. The third kappa shape index (κ3) is 5.93. The monoisotopic (exact) mass is 529 g/mol. The van der Waals surface area contributed by atoms with E-state index >= 15 is 0 Å². The zero-order chi connectivity index (χ0) is 27.1. The van der Waals surface area contributed by atoms with E-state index in [1.54, 1.807) is 37.4 Å². The average Bonchev–Trinajstić information content (AvgIpc) is 2.93. The maximum atomic E-state index is 12.7. The molecule has 0 spiro atoms. The van der Waals surface area contributed by atoms with Gasteiger partial charge in [0.1, 0.15) is 10.6 Å². The predicted octanol–water partition coefficient (Wildman–Crippen LogP) is 7.61. The molecule has 4 aromatic carbocycles. The average molecular weight is 530 g/mol. The van der Waals surface area contributed by atoms with Crippen LogP contribution in [0.2, 0.25) is 0 Å². The van der Waals surface area contributed by atoms with Crippen LogP contribution in [0, 0.1) is 0 Å². The second-order valence-corrected chi connectivity index (χ2v) is 9.82. The maximum absolute atomic E-state index is 12.7. The molecule has 0 aliphatic rings. The molecule has 38 heavy (non-hydrogen) atoms. The van der Waals surface area contributed by atoms with Crippen LogP contribution in [-0.2, 0) is 14.3 Å². The van der Waals surface area contributed by atoms with Gasteiger partial charge in [-0.05, 0) is 59.8 Å². The number of rotatable bonds is 9. The van der Waals surface area contributed by atoms with E-state index in [1.165, 1.54) is 6.07 Å². The van der Waals surface area contributed by atoms with Gasteiger partial charge in [-0.15, -0.1) is 5.11 Å². The molecule has 0 saturated carbocycles. The van der Waals surface area contributed by atoms with E-state index in [1.807, 2.05) is 55.5 Å². The third-order valence-corrected chi connectivity index (χ3v) is 6.96. The standard InChI is InChI=1S/C28H27N5O4S/c1-4-30-24-7-5-6-21-18-25(38(35,36)37-3)27(28(34)26(21)24)33-32-23-16-12-20(13-17-23)9-8-19-10-14-22(15-11-19)31-29-2/h5-18,30,34H,4H2,1-3H3. The molecular weight excluding hydrogens is 502 g/mol. The number of azo groups is 2. The lowest BCUT2D eigenvalue weighted by molar-refractivity contribution is 0.397. The fraction of sp³-hybridized carbons (Fsp3) is 0.143. The molecule has 2 N–H and O–H groups in total. The molecule has 4 aromatic rings. The molecule has 0 aliphatic heterocycles. The highest BCUT2D eigenvalue weighted by Gasteiger charge is 2.24. The molecule has 0 saturated heterocycles. The van der Waals surface area contributed by atoms with Crippen molar-refractivity contribution >= 4 is 55.8 Å². The van der Waals surface area contributed by atoms with Crippen LogP contribution in [0.15, 0.2) is 98.1 Å². The van der Waals surface area contributed by atoms with E-state index in [4.69, 9.17) is 4.18 Å². The van der Waals surface area contributed by atoms with Gasteiger partial charge in [-0.2, -0.15) is 23.8 Å². The van der Waals surface area contributed by atoms with Crippen LogP contribution in [0.25, 0.3) is 22.9 Å². The fourth-order valence-electron chi connectivity index (χ4n) is 3.83. The number of benzene rings is 4. The smallest absolute Gasteiger partial charge is 0.299 e. The van der Waals surface area contributed by atoms with Crippen molar-refractivity contribution in [3.05, 3.63) is 83.9 Å². The molecule has 9 nitrogen and oxygen atoms in total. The summed E-state index contributed by atoms with van der Waals surface area (Å²) in [6, 6.07) is 21.6. The second-order valence-electron chi connectivity index (χ2n) is 8.14. The highest BCUT2D eigenvalue weighted by Crippen LogP contribution is 2.44. The SMILES string of the molecule is CCNc1cccc2cc(S(=O)(=O)OC)c(N=Nc3ccc(C=Cc4ccc(N=NC)cc4)cc3)c(O)c12. The summed E-state index contributed by atoms with van der Waals surface area (Å²) in [4.78, 5) is -0.270. The number of hydrogen-bond donors (Lipinski definition) is 2. The Bertz CT molecular complexity index is 1630. The Morgan fingerprint density at radius 2 is 1.50 bits per heavy atom. The minimum atomic E-state index is -4.17. The highest BCUT2D eigenvalue weighted by atomic mass is 32.2. The number of fused-ring (bicyclic) bond motifs is 1. The summed E-state index contributed by atoms with van der Waals surface area (Å²) < 4.78 is 30.0. The van der Waals surface area contributed by atoms with E-state index in [-0.39, 0.29) is 16.3 Å². The van der Waals surface area contributed by atoms with E-state index in [2.05, 4.69) is 25.8 Å². The van der Waals surface area contributed by atoms with Gasteiger partial charge in [0.15, 0.2) is 5.75 Å². The van der Waals surface area contributed by atoms with Crippen molar-refractivity contribution in [1.82, 2.24) is 0 Å². The Kier molecular flexibility index (Phi) is 8.25. The first-order valence-corrected chi connectivity index (χ1v) is 13.2. The van der Waals surface area contributed by atoms with Gasteiger partial charge in [-0.25, -0.2) is 0 Å². The van der Waals surface area contributed by atoms with Crippen molar-refractivity contribution in [3.8, 4) is 5.75 Å². The summed E-state index contributed by atoms with van der Waals surface area (Å²) in [6.45, 7) is 2.54. The van der Waals surface area contributed by atoms with Gasteiger partial charge in [-0.1, -0.05) is 48.6 Å². The predicted molar refractivity (Wildman–Crippen MR) is 150 cm³/mol. The summed E-state index contributed by atoms with van der Waals surface area (Å²) in [6.07, 6.45) is 3.93. The molecule has 0 bridgehead atoms. The van der Waals surface area contributed by atoms with Crippen LogP contribution in [0.1, 0.15) is 18.1 Å². The van der Waals surface area contributed by atoms with Gasteiger partial charge in [0.2, 0.25) is 0 Å². The maximum Gasteiger partial charge on any atom is 0.299 e. The summed E-state index contributed by atoms with van der Waals surface area (Å²) in [7, 11) is -1.49. The lowest BCUT2D eigenvalue weighted by Gasteiger charge is -2.14. The molecule has 4 rings (SSSR count). The number of hydrogen-bond acceptors (Lipinski definition) is 9. The molecular formula is C28H27N5O4S. The van der Waals surface area contributed by atoms with Gasteiger partial charge in [-0.3, -0.25) is 4.18 Å². The van der Waals surface area contributed by atoms with E-state index in [9.17, 15) is 13.5 Å². The van der Waals surface area contributed by atoms with Gasteiger partial charge < -0.3 is 10.4 Å². The fourth-order valence-corrected chi connectivity index (χ4v) is 4.66. The third-order valence-electron chi connectivity index (χ3n) is 5.67. The first kappa shape index (κ1) is 26.6. The van der Waals surface area contributed by atoms with Gasteiger partial charge in [0.05, 0.1) is 18.5 Å². The van der Waals surface area contributed by atoms with Crippen LogP contribution in [0.3, 0.4) is 0 Å². The molecule has 0 radical (unpaired) electrons. The molecule has 0 fully saturated rings. The van der Waals surface area contributed by atoms with Crippen LogP contribution in [0.5, 0.6) is 5.75 Å². The number of phenols is 1. The van der Waals surface area contributed by atoms with E-state index in [0.717, 1.165) is 23.9 Å². The quantitative estimate of drug-likeness (QED) is 0.131. The molecule has 0 heterocycles. The Morgan fingerprint density at radius 1 is 0.895 bits per heavy atom. The lowest BCUT2D eigenvalue weighted by atomic mass is 10.1. The van der Waals surface area contributed by atoms with Crippen molar-refractivity contribution in [2.45, 2.75) is 11.8 Å². The Hall–Kier alpha value is -4.41. The van der Waals surface area contributed by atoms with Crippen LogP contribution in [-0.4, -0.2) is 34.2 Å².